The highest BCUT2D eigenvalue weighted by Crippen LogP contribution is 2.37. The van der Waals surface area contributed by atoms with Gasteiger partial charge in [0.05, 0.1) is 17.6 Å². The molecule has 0 amide bonds. The van der Waals surface area contributed by atoms with E-state index < -0.39 is 11.6 Å². The van der Waals surface area contributed by atoms with Gasteiger partial charge in [0.1, 0.15) is 23.1 Å². The number of benzene rings is 1. The van der Waals surface area contributed by atoms with E-state index in [0.29, 0.717) is 55.0 Å². The lowest BCUT2D eigenvalue weighted by Crippen LogP contribution is -2.36. The Balaban J connectivity index is 1.67. The average Bonchev–Trinajstić information content (AvgIpc) is 3.04. The Bertz CT molecular complexity index is 963. The Morgan fingerprint density at radius 3 is 2.55 bits per heavy atom. The van der Waals surface area contributed by atoms with Gasteiger partial charge >= 0.3 is 0 Å². The summed E-state index contributed by atoms with van der Waals surface area (Å²) in [5.74, 6) is 0.163. The zero-order valence-corrected chi connectivity index (χ0v) is 17.3. The lowest BCUT2D eigenvalue weighted by atomic mass is 9.93. The van der Waals surface area contributed by atoms with Crippen molar-refractivity contribution < 1.29 is 13.9 Å². The van der Waals surface area contributed by atoms with Gasteiger partial charge in [-0.2, -0.15) is 0 Å². The Labute approximate surface area is 180 Å². The van der Waals surface area contributed by atoms with Crippen LogP contribution >= 0.6 is 0 Å². The molecule has 2 aromatic rings. The van der Waals surface area contributed by atoms with Crippen molar-refractivity contribution in [2.24, 2.45) is 0 Å². The first-order valence-electron chi connectivity index (χ1n) is 10.7. The van der Waals surface area contributed by atoms with Crippen molar-refractivity contribution in [3.05, 3.63) is 47.9 Å². The number of halogens is 2. The molecule has 0 aliphatic heterocycles. The minimum absolute atomic E-state index is 0.00499. The van der Waals surface area contributed by atoms with Crippen LogP contribution < -0.4 is 16.0 Å². The summed E-state index contributed by atoms with van der Waals surface area (Å²) in [6.07, 6.45) is 6.90. The van der Waals surface area contributed by atoms with Crippen molar-refractivity contribution in [1.29, 1.82) is 5.41 Å². The van der Waals surface area contributed by atoms with Gasteiger partial charge in [0.15, 0.2) is 0 Å². The fourth-order valence-electron chi connectivity index (χ4n) is 4.12. The summed E-state index contributed by atoms with van der Waals surface area (Å²) in [6, 6.07) is 3.69. The summed E-state index contributed by atoms with van der Waals surface area (Å²) in [5, 5.41) is 27.3. The van der Waals surface area contributed by atoms with E-state index in [0.717, 1.165) is 25.1 Å². The number of anilines is 3. The number of nitrogens with zero attached hydrogens (tertiary/aromatic N) is 2. The third-order valence-electron chi connectivity index (χ3n) is 6.04. The van der Waals surface area contributed by atoms with Crippen molar-refractivity contribution in [2.45, 2.75) is 63.1 Å². The van der Waals surface area contributed by atoms with E-state index in [1.54, 1.807) is 0 Å². The van der Waals surface area contributed by atoms with E-state index in [4.69, 9.17) is 5.41 Å². The SMILES string of the molecule is C=C(Nc1c(C=N)nc(Nc2ccc(F)cc2F)n1C1CCC(O)CC1)NC1CCC1. The van der Waals surface area contributed by atoms with Gasteiger partial charge in [0.2, 0.25) is 5.95 Å². The van der Waals surface area contributed by atoms with Crippen LogP contribution in [0.15, 0.2) is 30.6 Å². The molecule has 2 saturated carbocycles. The first-order valence-corrected chi connectivity index (χ1v) is 10.7. The van der Waals surface area contributed by atoms with Crippen LogP contribution in [0.3, 0.4) is 0 Å². The van der Waals surface area contributed by atoms with E-state index in [-0.39, 0.29) is 17.8 Å². The first-order chi connectivity index (χ1) is 14.9. The predicted molar refractivity (Wildman–Crippen MR) is 117 cm³/mol. The monoisotopic (exact) mass is 430 g/mol. The summed E-state index contributed by atoms with van der Waals surface area (Å²) in [7, 11) is 0. The summed E-state index contributed by atoms with van der Waals surface area (Å²) in [6.45, 7) is 4.06. The van der Waals surface area contributed by atoms with E-state index in [1.165, 1.54) is 18.6 Å². The largest absolute Gasteiger partial charge is 0.393 e. The zero-order chi connectivity index (χ0) is 22.0. The third-order valence-corrected chi connectivity index (χ3v) is 6.04. The van der Waals surface area contributed by atoms with Crippen LogP contribution in [0, 0.1) is 17.0 Å². The maximum absolute atomic E-state index is 14.3. The minimum atomic E-state index is -0.726. The maximum atomic E-state index is 14.3. The third kappa shape index (κ3) is 4.71. The van der Waals surface area contributed by atoms with Gasteiger partial charge in [-0.25, -0.2) is 13.8 Å². The van der Waals surface area contributed by atoms with Gasteiger partial charge in [-0.3, -0.25) is 4.57 Å². The molecule has 2 aliphatic carbocycles. The molecule has 2 aliphatic rings. The molecule has 1 aromatic heterocycles. The van der Waals surface area contributed by atoms with E-state index in [1.807, 2.05) is 4.57 Å². The Morgan fingerprint density at radius 1 is 1.19 bits per heavy atom. The van der Waals surface area contributed by atoms with Crippen LogP contribution in [-0.2, 0) is 0 Å². The van der Waals surface area contributed by atoms with Crippen molar-refractivity contribution in [1.82, 2.24) is 14.9 Å². The van der Waals surface area contributed by atoms with Gasteiger partial charge in [0, 0.05) is 24.4 Å². The highest BCUT2D eigenvalue weighted by Gasteiger charge is 2.28. The summed E-state index contributed by atoms with van der Waals surface area (Å²) in [4.78, 5) is 4.50. The lowest BCUT2D eigenvalue weighted by Gasteiger charge is -2.31. The van der Waals surface area contributed by atoms with Gasteiger partial charge in [0.25, 0.3) is 0 Å². The van der Waals surface area contributed by atoms with Crippen LogP contribution in [0.5, 0.6) is 0 Å². The predicted octanol–water partition coefficient (Wildman–Crippen LogP) is 4.40. The molecule has 0 radical (unpaired) electrons. The van der Waals surface area contributed by atoms with Crippen LogP contribution in [0.2, 0.25) is 0 Å². The number of nitrogens with one attached hydrogen (secondary N) is 4. The molecule has 4 rings (SSSR count). The number of rotatable bonds is 8. The van der Waals surface area contributed by atoms with Crippen molar-refractivity contribution in [3.63, 3.8) is 0 Å². The molecule has 0 spiro atoms. The van der Waals surface area contributed by atoms with Crippen LogP contribution in [0.25, 0.3) is 0 Å². The molecule has 31 heavy (non-hydrogen) atoms. The van der Waals surface area contributed by atoms with Crippen molar-refractivity contribution in [3.8, 4) is 0 Å². The molecule has 0 unspecified atom stereocenters. The number of imidazole rings is 1. The van der Waals surface area contributed by atoms with Crippen molar-refractivity contribution in [2.75, 3.05) is 10.6 Å². The minimum Gasteiger partial charge on any atom is -0.393 e. The van der Waals surface area contributed by atoms with Gasteiger partial charge in [-0.05, 0) is 57.1 Å². The molecule has 7 nitrogen and oxygen atoms in total. The summed E-state index contributed by atoms with van der Waals surface area (Å²) < 4.78 is 29.5. The second-order valence-electron chi connectivity index (χ2n) is 8.27. The second kappa shape index (κ2) is 9.05. The Morgan fingerprint density at radius 2 is 1.94 bits per heavy atom. The molecule has 0 bridgehead atoms. The maximum Gasteiger partial charge on any atom is 0.209 e. The normalized spacial score (nSPS) is 21.3. The Hall–Kier alpha value is -2.94. The van der Waals surface area contributed by atoms with Crippen molar-refractivity contribution >= 4 is 23.7 Å². The molecular weight excluding hydrogens is 402 g/mol. The number of aliphatic hydroxyl groups excluding tert-OH is 1. The smallest absolute Gasteiger partial charge is 0.209 e. The zero-order valence-electron chi connectivity index (χ0n) is 17.3. The fourth-order valence-corrected chi connectivity index (χ4v) is 4.12. The molecule has 0 saturated heterocycles. The van der Waals surface area contributed by atoms with Crippen LogP contribution in [0.1, 0.15) is 56.7 Å². The molecule has 5 N–H and O–H groups in total. The number of aromatic nitrogens is 2. The highest BCUT2D eigenvalue weighted by molar-refractivity contribution is 5.84. The number of hydrogen-bond donors (Lipinski definition) is 5. The van der Waals surface area contributed by atoms with E-state index in [9.17, 15) is 13.9 Å². The number of hydrogen-bond acceptors (Lipinski definition) is 6. The molecule has 2 fully saturated rings. The summed E-state index contributed by atoms with van der Waals surface area (Å²) >= 11 is 0. The number of aliphatic hydroxyl groups is 1. The second-order valence-corrected chi connectivity index (χ2v) is 8.27. The fraction of sp³-hybridized carbons (Fsp3) is 0.455. The topological polar surface area (TPSA) is 98.0 Å². The molecular formula is C22H28F2N6O. The summed E-state index contributed by atoms with van der Waals surface area (Å²) in [5.41, 5.74) is 0.477. The quantitative estimate of drug-likeness (QED) is 0.400. The Kier molecular flexibility index (Phi) is 6.22. The standard InChI is InChI=1S/C22H28F2N6O/c1-13(26-15-3-2-4-15)27-21-20(12-25)29-22(28-19-10-5-14(23)11-18(19)24)30(21)16-6-8-17(31)9-7-16/h5,10-12,15-17,25-27,31H,1-4,6-9H2,(H,28,29). The van der Waals surface area contributed by atoms with Gasteiger partial charge in [-0.1, -0.05) is 6.58 Å². The molecule has 9 heteroatoms. The first kappa shape index (κ1) is 21.3. The molecule has 0 atom stereocenters. The lowest BCUT2D eigenvalue weighted by molar-refractivity contribution is 0.111. The molecule has 166 valence electrons. The van der Waals surface area contributed by atoms with Crippen LogP contribution in [0.4, 0.5) is 26.2 Å². The van der Waals surface area contributed by atoms with Gasteiger partial charge < -0.3 is 26.5 Å². The van der Waals surface area contributed by atoms with E-state index in [2.05, 4.69) is 27.5 Å². The molecule has 1 heterocycles. The average molecular weight is 431 g/mol. The highest BCUT2D eigenvalue weighted by atomic mass is 19.1. The van der Waals surface area contributed by atoms with E-state index >= 15 is 0 Å². The van der Waals surface area contributed by atoms with Gasteiger partial charge in [-0.15, -0.1) is 0 Å². The molecule has 1 aromatic carbocycles. The van der Waals surface area contributed by atoms with Crippen LogP contribution in [-0.4, -0.2) is 33.0 Å².